The van der Waals surface area contributed by atoms with Crippen LogP contribution in [0.25, 0.3) is 0 Å². The van der Waals surface area contributed by atoms with Gasteiger partial charge in [0.1, 0.15) is 0 Å². The summed E-state index contributed by atoms with van der Waals surface area (Å²) in [6.45, 7) is 14.5. The SMILES string of the molecule is CB(O)N[C@H]1C(=O)N(C(=O)[C@H](CN=CB=O)C(C)(C)NC(=O)c2ccc(C(C)(C)C)cc2)C1(C)C. The summed E-state index contributed by atoms with van der Waals surface area (Å²) in [6.07, 6.45) is 1.05. The predicted octanol–water partition coefficient (Wildman–Crippen LogP) is 1.40. The van der Waals surface area contributed by atoms with Gasteiger partial charge in [-0.15, -0.1) is 0 Å². The molecule has 3 amide bonds. The number of amides is 3. The monoisotopic (exact) mass is 482 g/mol. The number of hydrogen-bond donors (Lipinski definition) is 3. The Bertz CT molecular complexity index is 1000. The average Bonchev–Trinajstić information content (AvgIpc) is 2.73. The molecule has 1 aliphatic rings. The number of nitrogens with one attached hydrogen (secondary N) is 2. The second-order valence-electron chi connectivity index (χ2n) is 11.1. The quantitative estimate of drug-likeness (QED) is 0.278. The Morgan fingerprint density at radius 3 is 2.26 bits per heavy atom. The van der Waals surface area contributed by atoms with E-state index in [1.54, 1.807) is 39.8 Å². The summed E-state index contributed by atoms with van der Waals surface area (Å²) < 4.78 is 10.8. The van der Waals surface area contributed by atoms with E-state index in [4.69, 9.17) is 0 Å². The van der Waals surface area contributed by atoms with E-state index in [0.717, 1.165) is 16.6 Å². The fourth-order valence-corrected chi connectivity index (χ4v) is 4.24. The molecule has 1 aromatic carbocycles. The molecular formula is C24H36B2N4O5. The first-order chi connectivity index (χ1) is 16.0. The van der Waals surface area contributed by atoms with Gasteiger partial charge in [-0.1, -0.05) is 20.8 Å². The Kier molecular flexibility index (Phi) is 8.61. The maximum atomic E-state index is 13.6. The molecule has 1 aromatic rings. The maximum absolute atomic E-state index is 13.6. The van der Waals surface area contributed by atoms with Crippen LogP contribution in [0.4, 0.5) is 0 Å². The average molecular weight is 482 g/mol. The third kappa shape index (κ3) is 6.32. The van der Waals surface area contributed by atoms with Crippen LogP contribution in [0.1, 0.15) is 64.4 Å². The van der Waals surface area contributed by atoms with E-state index in [1.807, 2.05) is 12.1 Å². The number of hydrogen-bond acceptors (Lipinski definition) is 7. The van der Waals surface area contributed by atoms with Crippen molar-refractivity contribution in [3.05, 3.63) is 35.4 Å². The molecule has 0 saturated carbocycles. The van der Waals surface area contributed by atoms with Crippen molar-refractivity contribution < 1.29 is 24.1 Å². The first kappa shape index (κ1) is 28.6. The van der Waals surface area contributed by atoms with Gasteiger partial charge in [0.2, 0.25) is 0 Å². The van der Waals surface area contributed by atoms with E-state index in [1.165, 1.54) is 6.82 Å². The summed E-state index contributed by atoms with van der Waals surface area (Å²) in [7, 11) is -0.417. The van der Waals surface area contributed by atoms with Gasteiger partial charge in [-0.2, -0.15) is 0 Å². The van der Waals surface area contributed by atoms with E-state index in [-0.39, 0.29) is 17.9 Å². The van der Waals surface area contributed by atoms with Crippen LogP contribution in [0.5, 0.6) is 0 Å². The van der Waals surface area contributed by atoms with Gasteiger partial charge in [0.25, 0.3) is 0 Å². The molecule has 0 unspecified atom stereocenters. The van der Waals surface area contributed by atoms with Crippen molar-refractivity contribution in [2.24, 2.45) is 10.9 Å². The Hall–Kier alpha value is -2.65. The summed E-state index contributed by atoms with van der Waals surface area (Å²) in [5.41, 5.74) is -0.533. The zero-order valence-corrected chi connectivity index (χ0v) is 21.9. The van der Waals surface area contributed by atoms with E-state index in [9.17, 15) is 24.1 Å². The third-order valence-corrected chi connectivity index (χ3v) is 6.45. The van der Waals surface area contributed by atoms with Crippen LogP contribution in [-0.2, 0) is 19.7 Å². The van der Waals surface area contributed by atoms with Crippen LogP contribution in [0, 0.1) is 5.92 Å². The molecule has 1 aliphatic heterocycles. The van der Waals surface area contributed by atoms with Crippen molar-refractivity contribution in [3.63, 3.8) is 0 Å². The zero-order valence-electron chi connectivity index (χ0n) is 21.9. The molecule has 11 heteroatoms. The molecule has 0 spiro atoms. The molecule has 0 aromatic heterocycles. The summed E-state index contributed by atoms with van der Waals surface area (Å²) in [6, 6.07) is 6.54. The minimum atomic E-state index is -1.10. The van der Waals surface area contributed by atoms with Gasteiger partial charge in [0.05, 0.1) is 0 Å². The van der Waals surface area contributed by atoms with Gasteiger partial charge in [-0.25, -0.2) is 0 Å². The Morgan fingerprint density at radius 1 is 1.23 bits per heavy atom. The summed E-state index contributed by atoms with van der Waals surface area (Å²) in [5.74, 6) is -2.27. The molecule has 35 heavy (non-hydrogen) atoms. The predicted molar refractivity (Wildman–Crippen MR) is 137 cm³/mol. The molecule has 2 rings (SSSR count). The van der Waals surface area contributed by atoms with Crippen LogP contribution < -0.4 is 10.5 Å². The molecule has 1 saturated heterocycles. The zero-order chi connectivity index (χ0) is 26.8. The van der Waals surface area contributed by atoms with Crippen LogP contribution >= 0.6 is 0 Å². The summed E-state index contributed by atoms with van der Waals surface area (Å²) in [5, 5.41) is 15.3. The number of rotatable bonds is 9. The van der Waals surface area contributed by atoms with Crippen molar-refractivity contribution in [1.29, 1.82) is 0 Å². The van der Waals surface area contributed by atoms with E-state index in [2.05, 4.69) is 36.3 Å². The second kappa shape index (κ2) is 10.5. The fourth-order valence-electron chi connectivity index (χ4n) is 4.24. The first-order valence-corrected chi connectivity index (χ1v) is 11.7. The molecule has 3 N–H and O–H groups in total. The molecule has 2 atom stereocenters. The van der Waals surface area contributed by atoms with Crippen molar-refractivity contribution in [3.8, 4) is 0 Å². The number of likely N-dealkylation sites (tertiary alicyclic amines) is 1. The van der Waals surface area contributed by atoms with Crippen LogP contribution in [0.2, 0.25) is 6.82 Å². The van der Waals surface area contributed by atoms with Crippen molar-refractivity contribution in [1.82, 2.24) is 15.4 Å². The van der Waals surface area contributed by atoms with Crippen LogP contribution in [0.3, 0.4) is 0 Å². The Morgan fingerprint density at radius 2 is 1.80 bits per heavy atom. The molecular weight excluding hydrogens is 446 g/mol. The van der Waals surface area contributed by atoms with Crippen molar-refractivity contribution >= 4 is 38.0 Å². The van der Waals surface area contributed by atoms with Gasteiger partial charge in [0, 0.05) is 0 Å². The number of nitrogens with zero attached hydrogens (tertiary/aromatic N) is 2. The number of carbonyl (C=O) groups excluding carboxylic acids is 3. The van der Waals surface area contributed by atoms with E-state index >= 15 is 0 Å². The third-order valence-electron chi connectivity index (χ3n) is 6.45. The molecule has 1 fully saturated rings. The number of carbonyl (C=O) groups is 3. The molecule has 9 nitrogen and oxygen atoms in total. The summed E-state index contributed by atoms with van der Waals surface area (Å²) >= 11 is 0. The van der Waals surface area contributed by atoms with Crippen molar-refractivity contribution in [2.45, 2.75) is 77.8 Å². The second-order valence-corrected chi connectivity index (χ2v) is 11.1. The van der Waals surface area contributed by atoms with Crippen molar-refractivity contribution in [2.75, 3.05) is 6.54 Å². The molecule has 188 valence electrons. The topological polar surface area (TPSA) is 128 Å². The van der Waals surface area contributed by atoms with Crippen LogP contribution in [-0.4, -0.2) is 71.6 Å². The fraction of sp³-hybridized carbons (Fsp3) is 0.583. The van der Waals surface area contributed by atoms with Crippen LogP contribution in [0.15, 0.2) is 29.3 Å². The van der Waals surface area contributed by atoms with E-state index in [0.29, 0.717) is 12.7 Å². The number of benzene rings is 1. The normalized spacial score (nSPS) is 18.6. The minimum absolute atomic E-state index is 0.0561. The van der Waals surface area contributed by atoms with Gasteiger partial charge >= 0.3 is 187 Å². The molecule has 0 radical (unpaired) electrons. The number of imide groups is 1. The van der Waals surface area contributed by atoms with Gasteiger partial charge in [0.15, 0.2) is 0 Å². The first-order valence-electron chi connectivity index (χ1n) is 11.7. The van der Waals surface area contributed by atoms with Gasteiger partial charge < -0.3 is 0 Å². The molecule has 0 bridgehead atoms. The van der Waals surface area contributed by atoms with E-state index < -0.39 is 41.9 Å². The number of β-lactam (4-membered cyclic amide) rings is 1. The number of aliphatic imine (C=N–C) groups is 1. The van der Waals surface area contributed by atoms with Gasteiger partial charge in [-0.3, -0.25) is 0 Å². The summed E-state index contributed by atoms with van der Waals surface area (Å²) in [4.78, 5) is 44.6. The van der Waals surface area contributed by atoms with Gasteiger partial charge in [-0.05, 0) is 0 Å². The standard InChI is InChI=1S/C24H36B2N4O5/c1-22(2,3)16-11-9-15(10-12-16)19(31)28-23(4,5)17(13-27-14-25-34)20(32)30-21(33)18(24(30,6)7)29-26(8)35/h9-12,14,17-18,29,35H,13H2,1-8H3,(H,28,31)/t17-,18-/m0/s1. The Labute approximate surface area is 208 Å². The molecule has 1 heterocycles. The Balaban J connectivity index is 2.29. The molecule has 0 aliphatic carbocycles.